The van der Waals surface area contributed by atoms with Gasteiger partial charge in [0.2, 0.25) is 0 Å². The molecule has 0 unspecified atom stereocenters. The van der Waals surface area contributed by atoms with Gasteiger partial charge in [0.15, 0.2) is 6.16 Å². The van der Waals surface area contributed by atoms with E-state index in [2.05, 4.69) is 41.2 Å². The van der Waals surface area contributed by atoms with Gasteiger partial charge in [-0.05, 0) is 12.1 Å². The predicted molar refractivity (Wildman–Crippen MR) is 72.9 cm³/mol. The molecule has 0 fully saturated rings. The first kappa shape index (κ1) is 17.7. The van der Waals surface area contributed by atoms with Crippen LogP contribution in [0.5, 0.6) is 0 Å². The molecule has 0 amide bonds. The molecule has 0 radical (unpaired) electrons. The summed E-state index contributed by atoms with van der Waals surface area (Å²) in [7, 11) is -0.368. The van der Waals surface area contributed by atoms with Gasteiger partial charge in [-0.3, -0.25) is 4.79 Å². The topological polar surface area (TPSA) is 21.4 Å². The van der Waals surface area contributed by atoms with Crippen LogP contribution in [0.3, 0.4) is 0 Å². The van der Waals surface area contributed by atoms with Crippen LogP contribution in [0.4, 0.5) is 0 Å². The second-order valence-electron chi connectivity index (χ2n) is 3.20. The van der Waals surface area contributed by atoms with Crippen molar-refractivity contribution in [2.24, 2.45) is 0 Å². The summed E-state index contributed by atoms with van der Waals surface area (Å²) in [6, 6.07) is 9.74. The van der Waals surface area contributed by atoms with Crippen molar-refractivity contribution in [3.63, 3.8) is 0 Å². The fourth-order valence-corrected chi connectivity index (χ4v) is 1.94. The van der Waals surface area contributed by atoms with E-state index in [4.69, 9.17) is 0 Å². The van der Waals surface area contributed by atoms with E-state index in [0.29, 0.717) is 5.78 Å². The van der Waals surface area contributed by atoms with Crippen molar-refractivity contribution in [2.75, 3.05) is 19.5 Å². The number of hydrogen-bond donors (Lipinski definition) is 0. The van der Waals surface area contributed by atoms with Gasteiger partial charge in [-0.2, -0.15) is 0 Å². The molecule has 0 aliphatic carbocycles. The molecule has 1 aromatic carbocycles. The fraction of sp³-hybridized carbons (Fsp3) is 0.273. The average molecular weight is 336 g/mol. The van der Waals surface area contributed by atoms with Crippen LogP contribution in [0.15, 0.2) is 30.3 Å². The Labute approximate surface area is 109 Å². The van der Waals surface area contributed by atoms with E-state index in [0.717, 1.165) is 11.7 Å². The first-order chi connectivity index (χ1) is 6.70. The first-order valence-electron chi connectivity index (χ1n) is 4.21. The van der Waals surface area contributed by atoms with E-state index in [1.165, 1.54) is 0 Å². The zero-order chi connectivity index (χ0) is 11.0. The molecule has 0 heterocycles. The monoisotopic (exact) mass is 334 g/mol. The van der Waals surface area contributed by atoms with Gasteiger partial charge in [0, 0.05) is 21.3 Å². The van der Waals surface area contributed by atoms with Gasteiger partial charge in [0.25, 0.3) is 0 Å². The number of rotatable bonds is 3. The van der Waals surface area contributed by atoms with E-state index in [9.17, 15) is 4.79 Å². The molecule has 1 aromatic rings. The number of halogens is 1. The van der Waals surface area contributed by atoms with Gasteiger partial charge >= 0.3 is 33.7 Å². The Morgan fingerprint density at radius 1 is 1.27 bits per heavy atom. The molecule has 1 nitrogen and oxygen atoms in total. The van der Waals surface area contributed by atoms with Crippen molar-refractivity contribution >= 4 is 27.9 Å². The first-order valence-corrected chi connectivity index (χ1v) is 9.36. The van der Waals surface area contributed by atoms with Crippen LogP contribution in [0.1, 0.15) is 5.56 Å². The summed E-state index contributed by atoms with van der Waals surface area (Å²) in [4.78, 5) is 9.63. The fourth-order valence-electron chi connectivity index (χ4n) is 1.07. The summed E-state index contributed by atoms with van der Waals surface area (Å²) < 4.78 is 0. The molecule has 0 atom stereocenters. The average Bonchev–Trinajstić information content (AvgIpc) is 2.21. The molecule has 0 aromatic heterocycles. The molecular formula is C11H18BrNiOP+. The molecule has 0 saturated carbocycles. The minimum absolute atomic E-state index is 0. The van der Waals surface area contributed by atoms with E-state index in [-0.39, 0.29) is 15.3 Å². The van der Waals surface area contributed by atoms with Crippen LogP contribution in [-0.2, 0) is 13.7 Å². The Hall–Kier alpha value is 0.294. The zero-order valence-corrected chi connectivity index (χ0v) is 12.8. The van der Waals surface area contributed by atoms with Crippen molar-refractivity contribution in [1.82, 2.24) is 0 Å². The van der Waals surface area contributed by atoms with Gasteiger partial charge in [0.05, 0.1) is 5.56 Å². The second kappa shape index (κ2) is 10.8. The van der Waals surface area contributed by atoms with Gasteiger partial charge < -0.3 is 7.43 Å². The Bertz CT molecular complexity index is 265. The molecule has 0 aliphatic rings. The molecule has 1 rings (SSSR count). The van der Waals surface area contributed by atoms with E-state index in [1.807, 2.05) is 30.3 Å². The molecule has 4 heteroatoms. The van der Waals surface area contributed by atoms with Crippen LogP contribution < -0.4 is 0 Å². The van der Waals surface area contributed by atoms with Crippen molar-refractivity contribution < 1.29 is 18.5 Å². The van der Waals surface area contributed by atoms with Crippen molar-refractivity contribution in [3.05, 3.63) is 43.3 Å². The standard InChI is InChI=1S/C10H13OP.CH3.BrH.Ni/c1-12(2)8-10(11)9-6-4-3-5-7-9;;;/h3-7H,8H2,1-2H3;1H3;1H;/q;-1;;+1/p+1. The molecule has 15 heavy (non-hydrogen) atoms. The molecular weight excluding hydrogens is 318 g/mol. The van der Waals surface area contributed by atoms with Crippen molar-refractivity contribution in [1.29, 1.82) is 0 Å². The van der Waals surface area contributed by atoms with Crippen molar-refractivity contribution in [2.45, 2.75) is 0 Å². The molecule has 0 bridgehead atoms. The van der Waals surface area contributed by atoms with E-state index >= 15 is 0 Å². The Morgan fingerprint density at radius 3 is 2.13 bits per heavy atom. The number of benzene rings is 1. The van der Waals surface area contributed by atoms with E-state index in [1.54, 1.807) is 0 Å². The maximum atomic E-state index is 9.63. The third-order valence-electron chi connectivity index (χ3n) is 1.63. The Morgan fingerprint density at radius 2 is 1.73 bits per heavy atom. The van der Waals surface area contributed by atoms with Crippen LogP contribution in [-0.4, -0.2) is 30.1 Å². The van der Waals surface area contributed by atoms with Crippen LogP contribution in [0.2, 0.25) is 0 Å². The molecule has 0 saturated heterocycles. The third kappa shape index (κ3) is 8.14. The van der Waals surface area contributed by atoms with Gasteiger partial charge in [0.1, 0.15) is 0 Å². The summed E-state index contributed by atoms with van der Waals surface area (Å²) in [5, 5.41) is 0. The van der Waals surface area contributed by atoms with Gasteiger partial charge in [-0.25, -0.2) is 0 Å². The molecule has 0 spiro atoms. The SMILES string of the molecule is C[PH+](C)CC(=[OH+])c1ccccc1.[CH3-].[Ni][Br]. The molecule has 89 valence electrons. The minimum atomic E-state index is -0.368. The van der Waals surface area contributed by atoms with Crippen LogP contribution >= 0.6 is 22.1 Å². The third-order valence-corrected chi connectivity index (χ3v) is 2.67. The zero-order valence-electron chi connectivity index (χ0n) is 9.24. The van der Waals surface area contributed by atoms with Gasteiger partial charge in [-0.1, -0.05) is 18.2 Å². The van der Waals surface area contributed by atoms with Gasteiger partial charge in [-0.15, -0.1) is 0 Å². The number of ketones is 1. The molecule has 1 N–H and O–H groups in total. The van der Waals surface area contributed by atoms with Crippen LogP contribution in [0, 0.1) is 7.43 Å². The summed E-state index contributed by atoms with van der Waals surface area (Å²) >= 11 is 6.25. The summed E-state index contributed by atoms with van der Waals surface area (Å²) in [5.41, 5.74) is 0.962. The Kier molecular flexibility index (Phi) is 12.7. The van der Waals surface area contributed by atoms with Crippen molar-refractivity contribution in [3.8, 4) is 0 Å². The number of carbonyl (C=O) groups excluding carboxylic acids is 1. The summed E-state index contributed by atoms with van der Waals surface area (Å²) in [6.45, 7) is 4.40. The Balaban J connectivity index is 0. The quantitative estimate of drug-likeness (QED) is 0.266. The predicted octanol–water partition coefficient (Wildman–Crippen LogP) is 3.35. The van der Waals surface area contributed by atoms with E-state index < -0.39 is 0 Å². The number of hydrogen-bond acceptors (Lipinski definition) is 0. The maximum absolute atomic E-state index is 9.63. The normalized spacial score (nSPS) is 8.67. The summed E-state index contributed by atoms with van der Waals surface area (Å²) in [5.74, 6) is 0.537. The second-order valence-corrected chi connectivity index (χ2v) is 5.96. The van der Waals surface area contributed by atoms with Crippen LogP contribution in [0.25, 0.3) is 0 Å². The summed E-state index contributed by atoms with van der Waals surface area (Å²) in [6.07, 6.45) is 0.856. The molecule has 0 aliphatic heterocycles.